The van der Waals surface area contributed by atoms with Crippen molar-refractivity contribution in [1.82, 2.24) is 0 Å². The molecule has 4 nitrogen and oxygen atoms in total. The molecule has 1 aliphatic heterocycles. The first kappa shape index (κ1) is 19.3. The molecule has 0 radical (unpaired) electrons. The van der Waals surface area contributed by atoms with E-state index in [1.807, 2.05) is 39.0 Å². The Morgan fingerprint density at radius 1 is 1.32 bits per heavy atom. The summed E-state index contributed by atoms with van der Waals surface area (Å²) in [5.74, 6) is -1.23. The minimum Gasteiger partial charge on any atom is -0.315 e. The number of Topliss-reactive ketones (excluding diaryl/α,β-unsaturated/α-hetero) is 1. The fourth-order valence-electron chi connectivity index (χ4n) is 5.33. The Morgan fingerprint density at radius 2 is 2.00 bits per heavy atom. The number of fused-ring (bicyclic) bond motifs is 3. The van der Waals surface area contributed by atoms with Crippen LogP contribution in [0.5, 0.6) is 0 Å². The topological polar surface area (TPSA) is 49.7 Å². The molecule has 1 amide bonds. The summed E-state index contributed by atoms with van der Waals surface area (Å²) in [6.07, 6.45) is 3.43. The van der Waals surface area contributed by atoms with E-state index >= 15 is 0 Å². The van der Waals surface area contributed by atoms with E-state index in [0.29, 0.717) is 10.6 Å². The number of benzene rings is 1. The number of halogens is 1. The summed E-state index contributed by atoms with van der Waals surface area (Å²) in [4.78, 5) is 33.5. The molecule has 1 heterocycles. The molecule has 0 aromatic heterocycles. The van der Waals surface area contributed by atoms with Crippen LogP contribution in [-0.4, -0.2) is 23.9 Å². The standard InChI is InChI=1S/C22H21ClN2O2S/c1-6-21(4)15(23)10-13-18(26)22(21,24-11-28)12-8-7-9-14-16(12)17(20(13,2)3)19(27)25(14)5/h6-10,13,17H,1H2,2-5H3/t13-,17?,21+,22+/m0/s1. The number of rotatable bonds is 2. The van der Waals surface area contributed by atoms with Gasteiger partial charge in [0.1, 0.15) is 0 Å². The van der Waals surface area contributed by atoms with E-state index in [4.69, 9.17) is 23.8 Å². The number of amides is 1. The van der Waals surface area contributed by atoms with Gasteiger partial charge in [-0.15, -0.1) is 6.58 Å². The van der Waals surface area contributed by atoms with Crippen molar-refractivity contribution in [2.75, 3.05) is 11.9 Å². The average molecular weight is 413 g/mol. The minimum absolute atomic E-state index is 0.0286. The molecular formula is C22H21ClN2O2S. The maximum absolute atomic E-state index is 14.1. The number of ketones is 1. The number of allylic oxidation sites excluding steroid dienone is 1. The first-order chi connectivity index (χ1) is 13.1. The fraction of sp³-hybridized carbons (Fsp3) is 0.409. The maximum atomic E-state index is 14.1. The van der Waals surface area contributed by atoms with Crippen LogP contribution in [0.25, 0.3) is 0 Å². The van der Waals surface area contributed by atoms with Crippen LogP contribution in [0, 0.1) is 16.7 Å². The van der Waals surface area contributed by atoms with Crippen LogP contribution < -0.4 is 4.90 Å². The number of carbonyl (C=O) groups excluding carboxylic acids is 2. The summed E-state index contributed by atoms with van der Waals surface area (Å²) in [6, 6.07) is 5.61. The second-order valence-electron chi connectivity index (χ2n) is 8.57. The largest absolute Gasteiger partial charge is 0.315 e. The first-order valence-corrected chi connectivity index (χ1v) is 9.94. The van der Waals surface area contributed by atoms with Gasteiger partial charge in [-0.25, -0.2) is 4.99 Å². The summed E-state index contributed by atoms with van der Waals surface area (Å²) in [7, 11) is 1.77. The molecule has 0 fully saturated rings. The van der Waals surface area contributed by atoms with Crippen LogP contribution in [0.15, 0.2) is 47.0 Å². The second-order valence-corrected chi connectivity index (χ2v) is 9.16. The molecule has 0 N–H and O–H groups in total. The lowest BCUT2D eigenvalue weighted by atomic mass is 9.57. The van der Waals surface area contributed by atoms with E-state index in [-0.39, 0.29) is 11.7 Å². The zero-order chi connectivity index (χ0) is 20.6. The van der Waals surface area contributed by atoms with E-state index in [1.165, 1.54) is 0 Å². The molecule has 4 atom stereocenters. The predicted molar refractivity (Wildman–Crippen MR) is 114 cm³/mol. The Balaban J connectivity index is 2.28. The average Bonchev–Trinajstić information content (AvgIpc) is 2.90. The number of hydrogen-bond donors (Lipinski definition) is 0. The third kappa shape index (κ3) is 1.87. The zero-order valence-corrected chi connectivity index (χ0v) is 17.8. The van der Waals surface area contributed by atoms with E-state index in [2.05, 4.69) is 16.7 Å². The molecule has 0 spiro atoms. The van der Waals surface area contributed by atoms with Crippen LogP contribution in [0.1, 0.15) is 37.8 Å². The Labute approximate surface area is 175 Å². The highest BCUT2D eigenvalue weighted by Crippen LogP contribution is 2.65. The zero-order valence-electron chi connectivity index (χ0n) is 16.2. The summed E-state index contributed by atoms with van der Waals surface area (Å²) >= 11 is 11.8. The van der Waals surface area contributed by atoms with Crippen LogP contribution >= 0.6 is 23.8 Å². The molecule has 1 aromatic carbocycles. The molecule has 0 saturated heterocycles. The highest BCUT2D eigenvalue weighted by atomic mass is 35.5. The molecule has 0 saturated carbocycles. The van der Waals surface area contributed by atoms with Gasteiger partial charge in [-0.2, -0.15) is 0 Å². The van der Waals surface area contributed by atoms with Crippen molar-refractivity contribution in [3.8, 4) is 0 Å². The number of carbonyl (C=O) groups is 2. The smallest absolute Gasteiger partial charge is 0.234 e. The third-order valence-corrected chi connectivity index (χ3v) is 7.68. The Kier molecular flexibility index (Phi) is 3.94. The van der Waals surface area contributed by atoms with Crippen molar-refractivity contribution in [2.24, 2.45) is 21.7 Å². The van der Waals surface area contributed by atoms with Gasteiger partial charge in [0, 0.05) is 23.7 Å². The molecule has 1 aromatic rings. The van der Waals surface area contributed by atoms with E-state index in [9.17, 15) is 9.59 Å². The Morgan fingerprint density at radius 3 is 2.61 bits per heavy atom. The van der Waals surface area contributed by atoms with Gasteiger partial charge in [-0.05, 0) is 41.7 Å². The van der Waals surface area contributed by atoms with Gasteiger partial charge in [0.2, 0.25) is 5.91 Å². The monoisotopic (exact) mass is 412 g/mol. The number of anilines is 1. The molecular weight excluding hydrogens is 392 g/mol. The molecule has 4 rings (SSSR count). The predicted octanol–water partition coefficient (Wildman–Crippen LogP) is 4.60. The maximum Gasteiger partial charge on any atom is 0.234 e. The van der Waals surface area contributed by atoms with Crippen molar-refractivity contribution in [3.63, 3.8) is 0 Å². The third-order valence-electron chi connectivity index (χ3n) is 7.07. The van der Waals surface area contributed by atoms with E-state index in [1.54, 1.807) is 24.1 Å². The molecule has 144 valence electrons. The number of hydrogen-bond acceptors (Lipinski definition) is 4. The Bertz CT molecular complexity index is 1040. The fourth-order valence-corrected chi connectivity index (χ4v) is 5.81. The van der Waals surface area contributed by atoms with Crippen molar-refractivity contribution >= 4 is 46.4 Å². The van der Waals surface area contributed by atoms with Gasteiger partial charge >= 0.3 is 0 Å². The van der Waals surface area contributed by atoms with Gasteiger partial charge in [0.25, 0.3) is 0 Å². The van der Waals surface area contributed by atoms with Gasteiger partial charge < -0.3 is 4.90 Å². The Hall–Kier alpha value is -2.07. The van der Waals surface area contributed by atoms with Crippen molar-refractivity contribution in [1.29, 1.82) is 0 Å². The lowest BCUT2D eigenvalue weighted by Gasteiger charge is -2.48. The van der Waals surface area contributed by atoms with Crippen LogP contribution in [0.4, 0.5) is 5.69 Å². The number of aliphatic imine (C=N–C) groups is 1. The summed E-state index contributed by atoms with van der Waals surface area (Å²) < 4.78 is 0. The lowest BCUT2D eigenvalue weighted by molar-refractivity contribution is -0.134. The van der Waals surface area contributed by atoms with E-state index in [0.717, 1.165) is 11.3 Å². The lowest BCUT2D eigenvalue weighted by Crippen LogP contribution is -2.55. The molecule has 6 heteroatoms. The summed E-state index contributed by atoms with van der Waals surface area (Å²) in [6.45, 7) is 9.71. The summed E-state index contributed by atoms with van der Waals surface area (Å²) in [5.41, 5.74) is -0.807. The molecule has 2 aliphatic carbocycles. The van der Waals surface area contributed by atoms with Crippen molar-refractivity contribution in [2.45, 2.75) is 32.2 Å². The first-order valence-electron chi connectivity index (χ1n) is 9.15. The van der Waals surface area contributed by atoms with Gasteiger partial charge in [-0.1, -0.05) is 49.7 Å². The van der Waals surface area contributed by atoms with Crippen molar-refractivity contribution < 1.29 is 9.59 Å². The van der Waals surface area contributed by atoms with E-state index < -0.39 is 28.2 Å². The normalized spacial score (nSPS) is 34.9. The highest BCUT2D eigenvalue weighted by Gasteiger charge is 2.67. The minimum atomic E-state index is -1.41. The van der Waals surface area contributed by atoms with Gasteiger partial charge in [0.15, 0.2) is 11.3 Å². The molecule has 1 unspecified atom stereocenters. The quantitative estimate of drug-likeness (QED) is 0.405. The van der Waals surface area contributed by atoms with Gasteiger partial charge in [0.05, 0.1) is 16.5 Å². The second kappa shape index (κ2) is 5.73. The van der Waals surface area contributed by atoms with Crippen LogP contribution in [0.3, 0.4) is 0 Å². The SMILES string of the molecule is C=C[C@]1(C)C(Cl)=C[C@H]2C(=O)[C@]1(N=C=S)c1cccc3c1C(C(=O)N3C)C2(C)C. The number of thiocarbonyl (C=S) groups is 1. The van der Waals surface area contributed by atoms with Crippen LogP contribution in [-0.2, 0) is 15.1 Å². The van der Waals surface area contributed by atoms with Crippen molar-refractivity contribution in [3.05, 3.63) is 53.1 Å². The number of isothiocyanates is 1. The summed E-state index contributed by atoms with van der Waals surface area (Å²) in [5, 5.41) is 2.93. The molecule has 28 heavy (non-hydrogen) atoms. The molecule has 3 aliphatic rings. The molecule has 2 bridgehead atoms. The number of likely N-dealkylation sites (N-methyl/N-ethyl adjacent to an activating group) is 1. The number of nitrogens with zero attached hydrogens (tertiary/aromatic N) is 2. The van der Waals surface area contributed by atoms with Gasteiger partial charge in [-0.3, -0.25) is 9.59 Å². The highest BCUT2D eigenvalue weighted by molar-refractivity contribution is 7.78. The van der Waals surface area contributed by atoms with Crippen LogP contribution in [0.2, 0.25) is 0 Å².